The van der Waals surface area contributed by atoms with Gasteiger partial charge in [-0.1, -0.05) is 12.1 Å². The lowest BCUT2D eigenvalue weighted by Crippen LogP contribution is -2.17. The Morgan fingerprint density at radius 1 is 1.28 bits per heavy atom. The van der Waals surface area contributed by atoms with Crippen LogP contribution in [0.3, 0.4) is 0 Å². The summed E-state index contributed by atoms with van der Waals surface area (Å²) in [6.07, 6.45) is 1.93. The third kappa shape index (κ3) is 1.48. The molecule has 0 aliphatic heterocycles. The Hall–Kier alpha value is -2.30. The Morgan fingerprint density at radius 3 is 2.83 bits per heavy atom. The van der Waals surface area contributed by atoms with Crippen LogP contribution in [0.1, 0.15) is 19.3 Å². The Kier molecular flexibility index (Phi) is 2.33. The second-order valence-corrected chi connectivity index (χ2v) is 4.37. The van der Waals surface area contributed by atoms with E-state index in [-0.39, 0.29) is 5.69 Å². The van der Waals surface area contributed by atoms with Crippen molar-refractivity contribution in [3.8, 4) is 0 Å². The summed E-state index contributed by atoms with van der Waals surface area (Å²) < 4.78 is 1.49. The van der Waals surface area contributed by atoms with Gasteiger partial charge in [-0.25, -0.2) is 9.59 Å². The third-order valence-electron chi connectivity index (χ3n) is 3.31. The summed E-state index contributed by atoms with van der Waals surface area (Å²) in [6.45, 7) is 0. The Balaban J connectivity index is 2.33. The van der Waals surface area contributed by atoms with E-state index in [9.17, 15) is 9.59 Å². The number of aromatic amines is 1. The molecule has 3 rings (SSSR count). The number of allylic oxidation sites excluding steroid dienone is 1. The summed E-state index contributed by atoms with van der Waals surface area (Å²) in [4.78, 5) is 25.9. The molecule has 0 atom stereocenters. The van der Waals surface area contributed by atoms with Crippen molar-refractivity contribution in [1.29, 1.82) is 0 Å². The molecular weight excluding hydrogens is 232 g/mol. The van der Waals surface area contributed by atoms with Gasteiger partial charge >= 0.3 is 11.7 Å². The molecule has 0 bridgehead atoms. The van der Waals surface area contributed by atoms with Crippen LogP contribution in [0.5, 0.6) is 0 Å². The number of hydrogen-bond acceptors (Lipinski definition) is 2. The van der Waals surface area contributed by atoms with Crippen LogP contribution in [0, 0.1) is 0 Å². The van der Waals surface area contributed by atoms with E-state index in [0.717, 1.165) is 17.5 Å². The van der Waals surface area contributed by atoms with Crippen LogP contribution in [0.15, 0.2) is 34.6 Å². The number of imidazole rings is 1. The number of para-hydroxylation sites is 2. The molecule has 0 spiro atoms. The fourth-order valence-corrected chi connectivity index (χ4v) is 2.53. The minimum atomic E-state index is -0.931. The zero-order valence-corrected chi connectivity index (χ0v) is 9.64. The quantitative estimate of drug-likeness (QED) is 0.845. The summed E-state index contributed by atoms with van der Waals surface area (Å²) in [6, 6.07) is 7.30. The number of nitrogens with one attached hydrogen (secondary N) is 1. The van der Waals surface area contributed by atoms with Gasteiger partial charge in [-0.2, -0.15) is 0 Å². The second kappa shape index (κ2) is 3.87. The van der Waals surface area contributed by atoms with Crippen molar-refractivity contribution in [2.24, 2.45) is 0 Å². The molecule has 5 nitrogen and oxygen atoms in total. The van der Waals surface area contributed by atoms with E-state index < -0.39 is 5.97 Å². The molecule has 1 heterocycles. The topological polar surface area (TPSA) is 75.1 Å². The number of aliphatic carboxylic acids is 1. The van der Waals surface area contributed by atoms with Crippen molar-refractivity contribution in [3.63, 3.8) is 0 Å². The standard InChI is InChI=1S/C13H12N2O3/c16-12(17)8-4-3-7-10(8)15-11-6-2-1-5-9(11)14-13(15)18/h1-2,5-6H,3-4,7H2,(H,14,18)(H,16,17). The summed E-state index contributed by atoms with van der Waals surface area (Å²) in [5.74, 6) is -0.931. The first-order chi connectivity index (χ1) is 8.68. The first kappa shape index (κ1) is 10.8. The van der Waals surface area contributed by atoms with Crippen molar-refractivity contribution < 1.29 is 9.90 Å². The molecule has 0 saturated carbocycles. The first-order valence-corrected chi connectivity index (χ1v) is 5.84. The Morgan fingerprint density at radius 2 is 2.06 bits per heavy atom. The monoisotopic (exact) mass is 244 g/mol. The van der Waals surface area contributed by atoms with Gasteiger partial charge in [0.15, 0.2) is 0 Å². The molecule has 1 aliphatic rings. The van der Waals surface area contributed by atoms with Crippen molar-refractivity contribution >= 4 is 22.7 Å². The minimum Gasteiger partial charge on any atom is -0.478 e. The molecule has 1 aromatic carbocycles. The molecule has 0 unspecified atom stereocenters. The summed E-state index contributed by atoms with van der Waals surface area (Å²) >= 11 is 0. The predicted molar refractivity (Wildman–Crippen MR) is 67.3 cm³/mol. The van der Waals surface area contributed by atoms with Crippen molar-refractivity contribution in [2.45, 2.75) is 19.3 Å². The van der Waals surface area contributed by atoms with Gasteiger partial charge in [-0.05, 0) is 31.4 Å². The van der Waals surface area contributed by atoms with Crippen molar-refractivity contribution in [1.82, 2.24) is 9.55 Å². The molecule has 0 fully saturated rings. The highest BCUT2D eigenvalue weighted by Gasteiger charge is 2.24. The lowest BCUT2D eigenvalue weighted by molar-refractivity contribution is -0.132. The Labute approximate surface area is 102 Å². The lowest BCUT2D eigenvalue weighted by Gasteiger charge is -2.05. The number of carboxylic acid groups (broad SMARTS) is 1. The smallest absolute Gasteiger partial charge is 0.333 e. The highest BCUT2D eigenvalue weighted by atomic mass is 16.4. The zero-order valence-electron chi connectivity index (χ0n) is 9.64. The van der Waals surface area contributed by atoms with Gasteiger partial charge in [0.2, 0.25) is 0 Å². The number of carboxylic acids is 1. The van der Waals surface area contributed by atoms with E-state index in [1.807, 2.05) is 24.3 Å². The van der Waals surface area contributed by atoms with Crippen LogP contribution in [0.4, 0.5) is 0 Å². The number of rotatable bonds is 2. The highest BCUT2D eigenvalue weighted by Crippen LogP contribution is 2.30. The van der Waals surface area contributed by atoms with Crippen LogP contribution in [0.25, 0.3) is 16.7 Å². The van der Waals surface area contributed by atoms with E-state index in [0.29, 0.717) is 24.1 Å². The number of nitrogens with zero attached hydrogens (tertiary/aromatic N) is 1. The Bertz CT molecular complexity index is 721. The fourth-order valence-electron chi connectivity index (χ4n) is 2.53. The molecule has 5 heteroatoms. The van der Waals surface area contributed by atoms with E-state index in [4.69, 9.17) is 5.11 Å². The van der Waals surface area contributed by atoms with E-state index in [1.165, 1.54) is 4.57 Å². The fraction of sp³-hybridized carbons (Fsp3) is 0.231. The number of benzene rings is 1. The first-order valence-electron chi connectivity index (χ1n) is 5.84. The molecule has 18 heavy (non-hydrogen) atoms. The molecule has 2 aromatic rings. The molecule has 0 radical (unpaired) electrons. The molecule has 1 aromatic heterocycles. The number of carbonyl (C=O) groups is 1. The maximum absolute atomic E-state index is 12.0. The highest BCUT2D eigenvalue weighted by molar-refractivity contribution is 5.95. The van der Waals surface area contributed by atoms with Gasteiger partial charge < -0.3 is 10.1 Å². The third-order valence-corrected chi connectivity index (χ3v) is 3.31. The van der Waals surface area contributed by atoms with E-state index in [2.05, 4.69) is 4.98 Å². The zero-order chi connectivity index (χ0) is 12.7. The van der Waals surface area contributed by atoms with Crippen LogP contribution in [-0.2, 0) is 4.79 Å². The molecule has 2 N–H and O–H groups in total. The van der Waals surface area contributed by atoms with Crippen molar-refractivity contribution in [2.75, 3.05) is 0 Å². The van der Waals surface area contributed by atoms with Gasteiger partial charge in [-0.15, -0.1) is 0 Å². The molecular formula is C13H12N2O3. The summed E-state index contributed by atoms with van der Waals surface area (Å²) in [5, 5.41) is 9.16. The number of fused-ring (bicyclic) bond motifs is 1. The summed E-state index contributed by atoms with van der Waals surface area (Å²) in [5.41, 5.74) is 2.16. The second-order valence-electron chi connectivity index (χ2n) is 4.37. The molecule has 0 saturated heterocycles. The van der Waals surface area contributed by atoms with Crippen LogP contribution >= 0.6 is 0 Å². The minimum absolute atomic E-state index is 0.271. The average Bonchev–Trinajstić information content (AvgIpc) is 2.91. The predicted octanol–water partition coefficient (Wildman–Crippen LogP) is 1.81. The number of aromatic nitrogens is 2. The maximum atomic E-state index is 12.0. The van der Waals surface area contributed by atoms with Gasteiger partial charge in [0, 0.05) is 5.70 Å². The molecule has 92 valence electrons. The summed E-state index contributed by atoms with van der Waals surface area (Å²) in [7, 11) is 0. The van der Waals surface area contributed by atoms with Crippen molar-refractivity contribution in [3.05, 3.63) is 40.3 Å². The SMILES string of the molecule is O=C(O)C1=C(n2c(=O)[nH]c3ccccc32)CCC1. The molecule has 0 amide bonds. The van der Waals surface area contributed by atoms with Crippen LogP contribution in [-0.4, -0.2) is 20.6 Å². The van der Waals surface area contributed by atoms with Crippen LogP contribution < -0.4 is 5.69 Å². The van der Waals surface area contributed by atoms with Gasteiger partial charge in [-0.3, -0.25) is 4.57 Å². The van der Waals surface area contributed by atoms with Gasteiger partial charge in [0.25, 0.3) is 0 Å². The van der Waals surface area contributed by atoms with Gasteiger partial charge in [0.05, 0.1) is 16.6 Å². The van der Waals surface area contributed by atoms with Crippen LogP contribution in [0.2, 0.25) is 0 Å². The maximum Gasteiger partial charge on any atom is 0.333 e. The average molecular weight is 244 g/mol. The van der Waals surface area contributed by atoms with E-state index in [1.54, 1.807) is 0 Å². The van der Waals surface area contributed by atoms with Gasteiger partial charge in [0.1, 0.15) is 0 Å². The van der Waals surface area contributed by atoms with E-state index >= 15 is 0 Å². The lowest BCUT2D eigenvalue weighted by atomic mass is 10.2. The normalized spacial score (nSPS) is 15.6. The number of H-pyrrole nitrogens is 1. The largest absolute Gasteiger partial charge is 0.478 e. The number of hydrogen-bond donors (Lipinski definition) is 2. The molecule has 1 aliphatic carbocycles.